The van der Waals surface area contributed by atoms with Gasteiger partial charge in [0.25, 0.3) is 0 Å². The second-order valence-electron chi connectivity index (χ2n) is 5.14. The molecule has 0 aliphatic carbocycles. The van der Waals surface area contributed by atoms with Gasteiger partial charge in [0.05, 0.1) is 18.7 Å². The molecule has 0 radical (unpaired) electrons. The lowest BCUT2D eigenvalue weighted by Crippen LogP contribution is -2.61. The number of rotatable bonds is 6. The van der Waals surface area contributed by atoms with Crippen molar-refractivity contribution in [1.82, 2.24) is 4.90 Å². The molecule has 1 aliphatic rings. The third-order valence-corrected chi connectivity index (χ3v) is 3.33. The molecule has 16 heavy (non-hydrogen) atoms. The minimum Gasteiger partial charge on any atom is -0.386 e. The van der Waals surface area contributed by atoms with Crippen LogP contribution in [0.25, 0.3) is 0 Å². The van der Waals surface area contributed by atoms with E-state index in [9.17, 15) is 9.90 Å². The fraction of sp³-hybridized carbons (Fsp3) is 0.917. The lowest BCUT2D eigenvalue weighted by molar-refractivity contribution is -0.152. The van der Waals surface area contributed by atoms with E-state index in [-0.39, 0.29) is 5.91 Å². The molecular weight excluding hydrogens is 204 g/mol. The number of nitrogens with two attached hydrogens (primary N) is 1. The van der Waals surface area contributed by atoms with Gasteiger partial charge in [-0.05, 0) is 32.2 Å². The Bertz CT molecular complexity index is 233. The van der Waals surface area contributed by atoms with Crippen molar-refractivity contribution in [3.8, 4) is 0 Å². The summed E-state index contributed by atoms with van der Waals surface area (Å²) in [4.78, 5) is 13.5. The van der Waals surface area contributed by atoms with Crippen LogP contribution in [0.1, 0.15) is 39.5 Å². The second-order valence-corrected chi connectivity index (χ2v) is 5.14. The molecule has 0 bridgehead atoms. The van der Waals surface area contributed by atoms with Crippen LogP contribution < -0.4 is 5.73 Å². The first kappa shape index (κ1) is 13.5. The topological polar surface area (TPSA) is 66.6 Å². The predicted octanol–water partition coefficient (Wildman–Crippen LogP) is 0.735. The van der Waals surface area contributed by atoms with Gasteiger partial charge in [-0.1, -0.05) is 13.3 Å². The summed E-state index contributed by atoms with van der Waals surface area (Å²) in [5.74, 6) is 0.734. The number of β-amino-alcohol motifs (C(OH)–C–C–N with tert-alkyl or cyclic N) is 1. The van der Waals surface area contributed by atoms with Crippen molar-refractivity contribution in [2.75, 3.05) is 19.6 Å². The summed E-state index contributed by atoms with van der Waals surface area (Å²) in [6.45, 7) is 5.57. The molecule has 1 atom stereocenters. The largest absolute Gasteiger partial charge is 0.386 e. The molecule has 1 saturated heterocycles. The molecule has 1 heterocycles. The third-order valence-electron chi connectivity index (χ3n) is 3.33. The van der Waals surface area contributed by atoms with Crippen LogP contribution in [-0.4, -0.2) is 41.1 Å². The molecule has 4 nitrogen and oxygen atoms in total. The fourth-order valence-electron chi connectivity index (χ4n) is 2.23. The number of likely N-dealkylation sites (tertiary alicyclic amines) is 1. The van der Waals surface area contributed by atoms with Crippen molar-refractivity contribution in [3.63, 3.8) is 0 Å². The zero-order valence-corrected chi connectivity index (χ0v) is 10.4. The van der Waals surface area contributed by atoms with Crippen LogP contribution in [0.5, 0.6) is 0 Å². The van der Waals surface area contributed by atoms with Crippen LogP contribution in [0.2, 0.25) is 0 Å². The van der Waals surface area contributed by atoms with E-state index >= 15 is 0 Å². The van der Waals surface area contributed by atoms with E-state index in [2.05, 4.69) is 6.92 Å². The van der Waals surface area contributed by atoms with E-state index in [0.29, 0.717) is 32.0 Å². The first-order chi connectivity index (χ1) is 7.48. The maximum absolute atomic E-state index is 11.7. The normalized spacial score (nSPS) is 20.4. The molecule has 0 aromatic carbocycles. The zero-order chi connectivity index (χ0) is 12.2. The van der Waals surface area contributed by atoms with Gasteiger partial charge in [0, 0.05) is 6.42 Å². The molecule has 4 heteroatoms. The van der Waals surface area contributed by atoms with Crippen LogP contribution in [-0.2, 0) is 4.79 Å². The van der Waals surface area contributed by atoms with E-state index in [1.807, 2.05) is 0 Å². The van der Waals surface area contributed by atoms with Crippen molar-refractivity contribution < 1.29 is 9.90 Å². The van der Waals surface area contributed by atoms with Crippen molar-refractivity contribution >= 4 is 5.91 Å². The van der Waals surface area contributed by atoms with E-state index in [1.54, 1.807) is 11.8 Å². The maximum atomic E-state index is 11.7. The predicted molar refractivity (Wildman–Crippen MR) is 63.9 cm³/mol. The van der Waals surface area contributed by atoms with Gasteiger partial charge in [-0.2, -0.15) is 0 Å². The Balaban J connectivity index is 2.20. The van der Waals surface area contributed by atoms with Crippen molar-refractivity contribution in [1.29, 1.82) is 0 Å². The lowest BCUT2D eigenvalue weighted by Gasteiger charge is -2.44. The molecule has 1 fully saturated rings. The molecule has 1 rings (SSSR count). The smallest absolute Gasteiger partial charge is 0.222 e. The molecule has 0 saturated carbocycles. The van der Waals surface area contributed by atoms with Crippen LogP contribution in [0.3, 0.4) is 0 Å². The van der Waals surface area contributed by atoms with Crippen LogP contribution in [0, 0.1) is 5.92 Å². The zero-order valence-electron chi connectivity index (χ0n) is 10.4. The Hall–Kier alpha value is -0.610. The minimum atomic E-state index is -0.656. The van der Waals surface area contributed by atoms with Crippen LogP contribution >= 0.6 is 0 Å². The van der Waals surface area contributed by atoms with Gasteiger partial charge in [0.2, 0.25) is 5.91 Å². The first-order valence-corrected chi connectivity index (χ1v) is 6.18. The monoisotopic (exact) mass is 228 g/mol. The van der Waals surface area contributed by atoms with Gasteiger partial charge >= 0.3 is 0 Å². The summed E-state index contributed by atoms with van der Waals surface area (Å²) in [5, 5.41) is 9.53. The van der Waals surface area contributed by atoms with E-state index in [0.717, 1.165) is 19.3 Å². The van der Waals surface area contributed by atoms with Gasteiger partial charge in [-0.25, -0.2) is 0 Å². The Kier molecular flexibility index (Phi) is 4.74. The summed E-state index contributed by atoms with van der Waals surface area (Å²) < 4.78 is 0. The lowest BCUT2D eigenvalue weighted by atomic mass is 9.93. The molecule has 1 aliphatic heterocycles. The molecule has 1 unspecified atom stereocenters. The summed E-state index contributed by atoms with van der Waals surface area (Å²) in [6.07, 6.45) is 3.60. The quantitative estimate of drug-likeness (QED) is 0.704. The van der Waals surface area contributed by atoms with Crippen molar-refractivity contribution in [2.45, 2.75) is 45.1 Å². The number of carbonyl (C=O) groups excluding carboxylic acids is 1. The van der Waals surface area contributed by atoms with Gasteiger partial charge in [-0.15, -0.1) is 0 Å². The van der Waals surface area contributed by atoms with Crippen molar-refractivity contribution in [2.24, 2.45) is 11.7 Å². The molecule has 0 spiro atoms. The first-order valence-electron chi connectivity index (χ1n) is 6.18. The Morgan fingerprint density at radius 2 is 2.12 bits per heavy atom. The molecular formula is C12H24N2O2. The minimum absolute atomic E-state index is 0.169. The number of carbonyl (C=O) groups is 1. The average molecular weight is 228 g/mol. The molecule has 0 aromatic heterocycles. The summed E-state index contributed by atoms with van der Waals surface area (Å²) in [7, 11) is 0. The summed E-state index contributed by atoms with van der Waals surface area (Å²) in [6, 6.07) is 0. The average Bonchev–Trinajstić information content (AvgIpc) is 2.20. The SMILES string of the molecule is CCC(CCN)CCC(=O)N1CC(C)(O)C1. The number of aliphatic hydroxyl groups is 1. The molecule has 94 valence electrons. The van der Waals surface area contributed by atoms with Crippen LogP contribution in [0.15, 0.2) is 0 Å². The Morgan fingerprint density at radius 3 is 2.56 bits per heavy atom. The summed E-state index contributed by atoms with van der Waals surface area (Å²) in [5.41, 5.74) is 4.86. The van der Waals surface area contributed by atoms with Gasteiger partial charge in [0.15, 0.2) is 0 Å². The number of hydrogen-bond donors (Lipinski definition) is 2. The highest BCUT2D eigenvalue weighted by atomic mass is 16.3. The van der Waals surface area contributed by atoms with Gasteiger partial charge < -0.3 is 15.7 Å². The fourth-order valence-corrected chi connectivity index (χ4v) is 2.23. The van der Waals surface area contributed by atoms with E-state index < -0.39 is 5.60 Å². The number of hydrogen-bond acceptors (Lipinski definition) is 3. The Morgan fingerprint density at radius 1 is 1.50 bits per heavy atom. The highest BCUT2D eigenvalue weighted by molar-refractivity contribution is 5.77. The molecule has 3 N–H and O–H groups in total. The third kappa shape index (κ3) is 3.76. The van der Waals surface area contributed by atoms with Crippen molar-refractivity contribution in [3.05, 3.63) is 0 Å². The standard InChI is InChI=1S/C12H24N2O2/c1-3-10(6-7-13)4-5-11(15)14-8-12(2,16)9-14/h10,16H,3-9,13H2,1-2H3. The van der Waals surface area contributed by atoms with Crippen LogP contribution in [0.4, 0.5) is 0 Å². The highest BCUT2D eigenvalue weighted by Gasteiger charge is 2.38. The second kappa shape index (κ2) is 5.64. The van der Waals surface area contributed by atoms with Gasteiger partial charge in [-0.3, -0.25) is 4.79 Å². The highest BCUT2D eigenvalue weighted by Crippen LogP contribution is 2.22. The summed E-state index contributed by atoms with van der Waals surface area (Å²) >= 11 is 0. The van der Waals surface area contributed by atoms with E-state index in [1.165, 1.54) is 0 Å². The van der Waals surface area contributed by atoms with Gasteiger partial charge in [0.1, 0.15) is 0 Å². The van der Waals surface area contributed by atoms with E-state index in [4.69, 9.17) is 5.73 Å². The molecule has 0 aromatic rings. The number of amides is 1. The Labute approximate surface area is 97.8 Å². The molecule has 1 amide bonds. The maximum Gasteiger partial charge on any atom is 0.222 e. The number of nitrogens with zero attached hydrogens (tertiary/aromatic N) is 1.